The van der Waals surface area contributed by atoms with Crippen molar-refractivity contribution in [1.29, 1.82) is 0 Å². The molecule has 2 N–H and O–H groups in total. The van der Waals surface area contributed by atoms with E-state index >= 15 is 0 Å². The molecule has 0 radical (unpaired) electrons. The molecule has 2 nitrogen and oxygen atoms in total. The van der Waals surface area contributed by atoms with Gasteiger partial charge < -0.3 is 10.5 Å². The van der Waals surface area contributed by atoms with Gasteiger partial charge in [-0.2, -0.15) is 0 Å². The highest BCUT2D eigenvalue weighted by Gasteiger charge is 2.14. The summed E-state index contributed by atoms with van der Waals surface area (Å²) in [6, 6.07) is 7.02. The third kappa shape index (κ3) is 2.88. The number of ether oxygens (including phenoxy) is 1. The van der Waals surface area contributed by atoms with Gasteiger partial charge in [-0.15, -0.1) is 11.3 Å². The molecule has 1 aromatic heterocycles. The zero-order valence-electron chi connectivity index (χ0n) is 9.15. The van der Waals surface area contributed by atoms with Crippen LogP contribution in [-0.4, -0.2) is 4.99 Å². The summed E-state index contributed by atoms with van der Waals surface area (Å²) in [5.41, 5.74) is 5.94. The van der Waals surface area contributed by atoms with Crippen LogP contribution in [0.1, 0.15) is 10.4 Å². The van der Waals surface area contributed by atoms with Gasteiger partial charge in [0.25, 0.3) is 0 Å². The van der Waals surface area contributed by atoms with Crippen molar-refractivity contribution in [3.63, 3.8) is 0 Å². The summed E-state index contributed by atoms with van der Waals surface area (Å²) in [4.78, 5) is 1.18. The second kappa shape index (κ2) is 5.77. The third-order valence-electron chi connectivity index (χ3n) is 2.26. The van der Waals surface area contributed by atoms with E-state index in [0.29, 0.717) is 12.2 Å². The van der Waals surface area contributed by atoms with E-state index in [1.807, 2.05) is 17.5 Å². The van der Waals surface area contributed by atoms with E-state index in [4.69, 9.17) is 22.7 Å². The van der Waals surface area contributed by atoms with E-state index in [2.05, 4.69) is 15.9 Å². The van der Waals surface area contributed by atoms with Crippen LogP contribution in [0.25, 0.3) is 0 Å². The van der Waals surface area contributed by atoms with E-state index < -0.39 is 5.82 Å². The number of benzene rings is 1. The smallest absolute Gasteiger partial charge is 0.179 e. The highest BCUT2D eigenvalue weighted by Crippen LogP contribution is 2.29. The number of halogens is 2. The summed E-state index contributed by atoms with van der Waals surface area (Å²) >= 11 is 9.51. The van der Waals surface area contributed by atoms with Gasteiger partial charge in [-0.3, -0.25) is 0 Å². The number of hydrogen-bond acceptors (Lipinski definition) is 3. The number of nitrogens with two attached hydrogens (primary N) is 1. The van der Waals surface area contributed by atoms with Gasteiger partial charge in [0, 0.05) is 10.4 Å². The molecule has 0 unspecified atom stereocenters. The summed E-state index contributed by atoms with van der Waals surface area (Å²) in [6.07, 6.45) is 0. The molecular weight excluding hydrogens is 337 g/mol. The van der Waals surface area contributed by atoms with Crippen molar-refractivity contribution < 1.29 is 9.13 Å². The number of rotatable bonds is 4. The van der Waals surface area contributed by atoms with Gasteiger partial charge >= 0.3 is 0 Å². The molecule has 0 aliphatic rings. The molecule has 1 heterocycles. The number of thiocarbonyl (C=S) groups is 1. The Bertz CT molecular complexity index is 572. The molecule has 0 aliphatic carbocycles. The maximum absolute atomic E-state index is 14.0. The first-order valence-corrected chi connectivity index (χ1v) is 7.10. The maximum atomic E-state index is 14.0. The van der Waals surface area contributed by atoms with Crippen LogP contribution < -0.4 is 10.5 Å². The van der Waals surface area contributed by atoms with Gasteiger partial charge in [0.1, 0.15) is 11.6 Å². The molecule has 0 fully saturated rings. The molecule has 0 bridgehead atoms. The second-order valence-electron chi connectivity index (χ2n) is 3.47. The van der Waals surface area contributed by atoms with Crippen LogP contribution >= 0.6 is 39.5 Å². The number of hydrogen-bond donors (Lipinski definition) is 1. The minimum absolute atomic E-state index is 0.144. The summed E-state index contributed by atoms with van der Waals surface area (Å²) in [7, 11) is 0. The first-order chi connectivity index (χ1) is 8.59. The van der Waals surface area contributed by atoms with Crippen LogP contribution in [0.4, 0.5) is 4.39 Å². The zero-order valence-corrected chi connectivity index (χ0v) is 12.4. The van der Waals surface area contributed by atoms with Crippen LogP contribution in [0.5, 0.6) is 5.75 Å². The Balaban J connectivity index is 2.19. The van der Waals surface area contributed by atoms with Gasteiger partial charge in [0.15, 0.2) is 11.6 Å². The second-order valence-corrected chi connectivity index (χ2v) is 5.74. The highest BCUT2D eigenvalue weighted by molar-refractivity contribution is 9.10. The van der Waals surface area contributed by atoms with Crippen LogP contribution in [-0.2, 0) is 6.61 Å². The topological polar surface area (TPSA) is 35.2 Å². The molecule has 0 aliphatic heterocycles. The third-order valence-corrected chi connectivity index (χ3v) is 4.11. The van der Waals surface area contributed by atoms with Crippen molar-refractivity contribution in [3.8, 4) is 5.75 Å². The molecule has 0 atom stereocenters. The van der Waals surface area contributed by atoms with Crippen molar-refractivity contribution in [2.45, 2.75) is 6.61 Å². The summed E-state index contributed by atoms with van der Waals surface area (Å²) < 4.78 is 19.6. The first-order valence-electron chi connectivity index (χ1n) is 5.02. The number of thiophene rings is 1. The molecule has 18 heavy (non-hydrogen) atoms. The largest absolute Gasteiger partial charge is 0.485 e. The molecule has 6 heteroatoms. The molecule has 0 saturated carbocycles. The predicted molar refractivity (Wildman–Crippen MR) is 78.6 cm³/mol. The Labute approximate surface area is 122 Å². The molecule has 1 aromatic carbocycles. The van der Waals surface area contributed by atoms with Crippen molar-refractivity contribution in [2.75, 3.05) is 0 Å². The Morgan fingerprint density at radius 1 is 1.44 bits per heavy atom. The summed E-state index contributed by atoms with van der Waals surface area (Å²) in [5.74, 6) is -0.313. The lowest BCUT2D eigenvalue weighted by Gasteiger charge is -2.09. The lowest BCUT2D eigenvalue weighted by Crippen LogP contribution is -2.11. The maximum Gasteiger partial charge on any atom is 0.179 e. The molecule has 2 rings (SSSR count). The molecular formula is C12H9BrFNOS2. The Morgan fingerprint density at radius 2 is 2.22 bits per heavy atom. The van der Waals surface area contributed by atoms with Crippen molar-refractivity contribution in [2.24, 2.45) is 5.73 Å². The van der Waals surface area contributed by atoms with Crippen molar-refractivity contribution >= 4 is 44.5 Å². The highest BCUT2D eigenvalue weighted by atomic mass is 79.9. The van der Waals surface area contributed by atoms with Crippen LogP contribution in [0, 0.1) is 5.82 Å². The van der Waals surface area contributed by atoms with E-state index in [1.54, 1.807) is 17.4 Å². The Hall–Kier alpha value is -0.980. The average Bonchev–Trinajstić information content (AvgIpc) is 2.83. The average molecular weight is 346 g/mol. The van der Waals surface area contributed by atoms with Gasteiger partial charge in [0.05, 0.1) is 4.47 Å². The lowest BCUT2D eigenvalue weighted by atomic mass is 10.2. The fourth-order valence-electron chi connectivity index (χ4n) is 1.38. The van der Waals surface area contributed by atoms with Crippen LogP contribution in [0.15, 0.2) is 34.1 Å². The zero-order chi connectivity index (χ0) is 13.1. The fraction of sp³-hybridized carbons (Fsp3) is 0.0833. The lowest BCUT2D eigenvalue weighted by molar-refractivity contribution is 0.293. The van der Waals surface area contributed by atoms with E-state index in [0.717, 1.165) is 4.88 Å². The van der Waals surface area contributed by atoms with Crippen LogP contribution in [0.3, 0.4) is 0 Å². The Morgan fingerprint density at radius 3 is 2.83 bits per heavy atom. The normalized spacial score (nSPS) is 10.3. The standard InChI is InChI=1S/C12H9BrFNOS2/c13-10-8(12(15)17)3-4-9(11(10)14)16-6-7-2-1-5-18-7/h1-5H,6H2,(H2,15,17). The van der Waals surface area contributed by atoms with Crippen LogP contribution in [0.2, 0.25) is 0 Å². The summed E-state index contributed by atoms with van der Waals surface area (Å²) in [5, 5.41) is 1.95. The molecule has 0 saturated heterocycles. The van der Waals surface area contributed by atoms with Gasteiger partial charge in [-0.25, -0.2) is 4.39 Å². The molecule has 94 valence electrons. The van der Waals surface area contributed by atoms with Gasteiger partial charge in [-0.1, -0.05) is 18.3 Å². The predicted octanol–water partition coefficient (Wildman–Crippen LogP) is 3.86. The minimum atomic E-state index is -0.489. The molecule has 2 aromatic rings. The molecule has 0 amide bonds. The fourth-order valence-corrected chi connectivity index (χ4v) is 2.84. The summed E-state index contributed by atoms with van der Waals surface area (Å²) in [6.45, 7) is 0.341. The minimum Gasteiger partial charge on any atom is -0.485 e. The van der Waals surface area contributed by atoms with Gasteiger partial charge in [0.2, 0.25) is 0 Å². The van der Waals surface area contributed by atoms with Gasteiger partial charge in [-0.05, 0) is 39.5 Å². The first kappa shape index (κ1) is 13.5. The van der Waals surface area contributed by atoms with Crippen molar-refractivity contribution in [3.05, 3.63) is 50.4 Å². The van der Waals surface area contributed by atoms with E-state index in [-0.39, 0.29) is 15.2 Å². The Kier molecular flexibility index (Phi) is 4.31. The monoisotopic (exact) mass is 345 g/mol. The van der Waals surface area contributed by atoms with E-state index in [1.165, 1.54) is 6.07 Å². The SMILES string of the molecule is NC(=S)c1ccc(OCc2cccs2)c(F)c1Br. The molecule has 0 spiro atoms. The van der Waals surface area contributed by atoms with E-state index in [9.17, 15) is 4.39 Å². The quantitative estimate of drug-likeness (QED) is 0.854. The van der Waals surface area contributed by atoms with Crippen molar-refractivity contribution in [1.82, 2.24) is 0 Å².